The maximum Gasteiger partial charge on any atom is 0.326 e. The number of hydrogen-bond donors (Lipinski definition) is 17. The minimum absolute atomic E-state index is 0.0242. The number of nitrogens with zero attached hydrogens (tertiary/aromatic N) is 3. The van der Waals surface area contributed by atoms with Crippen molar-refractivity contribution in [2.24, 2.45) is 16.6 Å². The summed E-state index contributed by atoms with van der Waals surface area (Å²) in [5, 5.41) is 87.9. The number of benzene rings is 1. The molecule has 0 unspecified atom stereocenters. The van der Waals surface area contributed by atoms with Crippen LogP contribution in [0.15, 0.2) is 29.4 Å². The normalized spacial score (nSPS) is 13.5. The number of carbonyl (C=O) groups is 14. The smallest absolute Gasteiger partial charge is 0.326 e. The molecule has 8 atom stereocenters. The number of carbonyl (C=O) groups excluding carboxylic acids is 8. The molecule has 1 aromatic carbocycles. The molecule has 0 saturated carbocycles. The topological polar surface area (TPSA) is 605 Å². The van der Waals surface area contributed by atoms with Crippen LogP contribution in [-0.2, 0) is 87.8 Å². The van der Waals surface area contributed by atoms with Crippen molar-refractivity contribution in [2.75, 3.05) is 59.3 Å². The van der Waals surface area contributed by atoms with Gasteiger partial charge in [0.15, 0.2) is 0 Å². The monoisotopic (exact) mass is 1240 g/mol. The van der Waals surface area contributed by atoms with E-state index in [4.69, 9.17) is 31.2 Å². The Bertz CT molecular complexity index is 2550. The van der Waals surface area contributed by atoms with Gasteiger partial charge in [-0.15, -0.1) is 0 Å². The Morgan fingerprint density at radius 3 is 1.14 bits per heavy atom. The molecule has 37 heteroatoms. The van der Waals surface area contributed by atoms with E-state index >= 15 is 0 Å². The van der Waals surface area contributed by atoms with Gasteiger partial charge in [-0.2, -0.15) is 0 Å². The van der Waals surface area contributed by atoms with E-state index in [0.717, 1.165) is 0 Å². The molecule has 37 nitrogen and oxygen atoms in total. The SMILES string of the molecule is [N-]=[N+]=NCCOCCOCCOCCC(=O)N[C@@H](CC(=O)O)C(=O)N[C@@H](Cc1ccc(O)cc1)C(=O)N[C@@H](CCCCN)C(=O)N[C@@H](CC(=O)O)C(=O)N[C@@H](CC(=O)O)C(=O)N[C@@H](CC(=O)O)C(=O)N[C@@H](CC(=O)O)C(=O)N[C@@H](CCCCN)C(=O)O. The number of aliphatic carboxylic acids is 6. The number of ether oxygens (including phenoxy) is 3. The highest BCUT2D eigenvalue weighted by Crippen LogP contribution is 2.14. The van der Waals surface area contributed by atoms with E-state index in [0.29, 0.717) is 6.42 Å². The fourth-order valence-corrected chi connectivity index (χ4v) is 7.54. The number of amides is 8. The number of nitrogens with one attached hydrogen (secondary N) is 8. The van der Waals surface area contributed by atoms with E-state index in [1.54, 1.807) is 0 Å². The van der Waals surface area contributed by atoms with Crippen LogP contribution in [0.25, 0.3) is 10.4 Å². The molecule has 0 aromatic heterocycles. The molecule has 87 heavy (non-hydrogen) atoms. The maximum absolute atomic E-state index is 14.2. The van der Waals surface area contributed by atoms with Gasteiger partial charge >= 0.3 is 35.8 Å². The van der Waals surface area contributed by atoms with Crippen LogP contribution < -0.4 is 54.0 Å². The minimum Gasteiger partial charge on any atom is -0.508 e. The van der Waals surface area contributed by atoms with Crippen molar-refractivity contribution in [3.8, 4) is 5.75 Å². The Hall–Kier alpha value is -9.29. The van der Waals surface area contributed by atoms with E-state index < -0.39 is 170 Å². The second-order valence-electron chi connectivity index (χ2n) is 18.9. The van der Waals surface area contributed by atoms with Crippen LogP contribution in [0.2, 0.25) is 0 Å². The van der Waals surface area contributed by atoms with Crippen molar-refractivity contribution < 1.29 is 117 Å². The highest BCUT2D eigenvalue weighted by molar-refractivity contribution is 6.00. The van der Waals surface area contributed by atoms with Gasteiger partial charge in [0, 0.05) is 24.3 Å². The van der Waals surface area contributed by atoms with Crippen molar-refractivity contribution >= 4 is 83.1 Å². The van der Waals surface area contributed by atoms with Crippen LogP contribution in [0.1, 0.15) is 82.6 Å². The van der Waals surface area contributed by atoms with Crippen molar-refractivity contribution in [2.45, 2.75) is 132 Å². The number of carboxylic acids is 6. The van der Waals surface area contributed by atoms with Crippen molar-refractivity contribution in [1.29, 1.82) is 0 Å². The zero-order chi connectivity index (χ0) is 65.4. The van der Waals surface area contributed by atoms with Crippen LogP contribution >= 0.6 is 0 Å². The summed E-state index contributed by atoms with van der Waals surface area (Å²) in [6.45, 7) is 0.824. The second-order valence-corrected chi connectivity index (χ2v) is 18.9. The van der Waals surface area contributed by atoms with E-state index in [2.05, 4.69) is 36.6 Å². The number of rotatable bonds is 48. The average Bonchev–Trinajstić information content (AvgIpc) is 2.97. The zero-order valence-corrected chi connectivity index (χ0v) is 47.1. The highest BCUT2D eigenvalue weighted by Gasteiger charge is 2.37. The summed E-state index contributed by atoms with van der Waals surface area (Å²) in [6, 6.07) is -10.7. The third-order valence-electron chi connectivity index (χ3n) is 11.8. The molecule has 0 heterocycles. The molecule has 0 aliphatic carbocycles. The molecule has 484 valence electrons. The number of phenolic OH excluding ortho intramolecular Hbond substituents is 1. The zero-order valence-electron chi connectivity index (χ0n) is 47.1. The molecule has 0 saturated heterocycles. The van der Waals surface area contributed by atoms with Gasteiger partial charge in [-0.3, -0.25) is 62.3 Å². The number of unbranched alkanes of at least 4 members (excludes halogenated alkanes) is 2. The van der Waals surface area contributed by atoms with E-state index in [9.17, 15) is 103 Å². The van der Waals surface area contributed by atoms with Gasteiger partial charge in [0.2, 0.25) is 47.3 Å². The van der Waals surface area contributed by atoms with E-state index in [1.807, 2.05) is 16.0 Å². The van der Waals surface area contributed by atoms with Gasteiger partial charge in [0.1, 0.15) is 54.1 Å². The molecule has 0 radical (unpaired) electrons. The van der Waals surface area contributed by atoms with Gasteiger partial charge < -0.3 is 104 Å². The van der Waals surface area contributed by atoms with Crippen LogP contribution in [0.3, 0.4) is 0 Å². The summed E-state index contributed by atoms with van der Waals surface area (Å²) in [5.41, 5.74) is 19.6. The second kappa shape index (κ2) is 42.5. The van der Waals surface area contributed by atoms with Crippen molar-refractivity contribution in [3.63, 3.8) is 0 Å². The number of nitrogens with two attached hydrogens (primary N) is 2. The summed E-state index contributed by atoms with van der Waals surface area (Å²) in [7, 11) is 0. The third kappa shape index (κ3) is 33.7. The molecular formula is C50H75N13O24. The molecule has 19 N–H and O–H groups in total. The predicted molar refractivity (Wildman–Crippen MR) is 293 cm³/mol. The summed E-state index contributed by atoms with van der Waals surface area (Å²) in [5.74, 6) is -21.1. The molecule has 1 rings (SSSR count). The molecule has 0 aliphatic heterocycles. The van der Waals surface area contributed by atoms with Gasteiger partial charge in [-0.25, -0.2) is 4.79 Å². The Kier molecular flexibility index (Phi) is 37.0. The van der Waals surface area contributed by atoms with Gasteiger partial charge in [-0.1, -0.05) is 17.2 Å². The molecule has 8 amide bonds. The number of carboxylic acid groups (broad SMARTS) is 6. The Labute approximate surface area is 495 Å². The molecule has 0 bridgehead atoms. The fourth-order valence-electron chi connectivity index (χ4n) is 7.54. The van der Waals surface area contributed by atoms with Crippen LogP contribution in [-0.4, -0.2) is 226 Å². The molecule has 0 fully saturated rings. The third-order valence-corrected chi connectivity index (χ3v) is 11.8. The van der Waals surface area contributed by atoms with Crippen molar-refractivity contribution in [3.05, 3.63) is 40.3 Å². The highest BCUT2D eigenvalue weighted by atomic mass is 16.5. The van der Waals surface area contributed by atoms with Crippen LogP contribution in [0.4, 0.5) is 0 Å². The predicted octanol–water partition coefficient (Wildman–Crippen LogP) is -4.72. The number of aromatic hydroxyl groups is 1. The van der Waals surface area contributed by atoms with Crippen LogP contribution in [0, 0.1) is 0 Å². The fraction of sp³-hybridized carbons (Fsp3) is 0.600. The molecule has 1 aromatic rings. The lowest BCUT2D eigenvalue weighted by atomic mass is 10.0. The number of azide groups is 1. The quantitative estimate of drug-likeness (QED) is 0.0126. The standard InChI is InChI=1S/C50H75N13O24/c51-12-3-1-5-29(56-44(77)31(21-27-7-9-28(64)10-8-27)58-45(78)32(22-38(66)67)55-37(65)11-15-85-17-19-87-20-18-86-16-14-54-63-53)43(76)59-34(24-40(70)71)47(80)61-36(26-42(74)75)49(82)62-35(25-41(72)73)48(81)60-33(23-39(68)69)46(79)57-30(50(83)84)6-2-4-13-52/h7-10,29-36,64H,1-6,11-26,51-52H2,(H,55,65)(H,56,77)(H,57,79)(H,58,78)(H,59,76)(H,60,81)(H,61,80)(H,62,82)(H,66,67)(H,68,69)(H,70,71)(H,72,73)(H,74,75)(H,83,84)/t29-,30-,31-,32-,33-,34-,35-,36-/m0/s1. The van der Waals surface area contributed by atoms with Gasteiger partial charge in [0.05, 0.1) is 71.7 Å². The lowest BCUT2D eigenvalue weighted by Gasteiger charge is -2.27. The van der Waals surface area contributed by atoms with Gasteiger partial charge in [-0.05, 0) is 74.8 Å². The lowest BCUT2D eigenvalue weighted by Crippen LogP contribution is -2.61. The maximum atomic E-state index is 14.2. The average molecular weight is 1240 g/mol. The van der Waals surface area contributed by atoms with Crippen LogP contribution in [0.5, 0.6) is 5.75 Å². The number of hydrogen-bond acceptors (Lipinski definition) is 21. The minimum atomic E-state index is -2.33. The molecule has 0 aliphatic rings. The van der Waals surface area contributed by atoms with Crippen molar-refractivity contribution in [1.82, 2.24) is 42.5 Å². The first-order valence-electron chi connectivity index (χ1n) is 26.9. The van der Waals surface area contributed by atoms with E-state index in [-0.39, 0.29) is 109 Å². The molecule has 0 spiro atoms. The summed E-state index contributed by atoms with van der Waals surface area (Å²) in [6.07, 6.45) is -6.70. The summed E-state index contributed by atoms with van der Waals surface area (Å²) in [4.78, 5) is 183. The van der Waals surface area contributed by atoms with Gasteiger partial charge in [0.25, 0.3) is 0 Å². The Balaban J connectivity index is 3.47. The Morgan fingerprint density at radius 1 is 0.437 bits per heavy atom. The molecular weight excluding hydrogens is 1170 g/mol. The van der Waals surface area contributed by atoms with E-state index in [1.165, 1.54) is 24.3 Å². The largest absolute Gasteiger partial charge is 0.508 e. The first-order chi connectivity index (χ1) is 41.2. The number of phenols is 1. The Morgan fingerprint density at radius 2 is 0.759 bits per heavy atom. The lowest BCUT2D eigenvalue weighted by molar-refractivity contribution is -0.145. The first kappa shape index (κ1) is 75.7. The summed E-state index contributed by atoms with van der Waals surface area (Å²) >= 11 is 0. The first-order valence-corrected chi connectivity index (χ1v) is 26.9. The summed E-state index contributed by atoms with van der Waals surface area (Å²) < 4.78 is 15.9.